The number of benzene rings is 1. The number of aryl methyl sites for hydroxylation is 1. The molecule has 0 bridgehead atoms. The van der Waals surface area contributed by atoms with Crippen molar-refractivity contribution in [1.29, 1.82) is 0 Å². The Kier molecular flexibility index (Phi) is 3.58. The molecule has 106 valence electrons. The average molecular weight is 297 g/mol. The number of H-pyrrole nitrogens is 1. The van der Waals surface area contributed by atoms with Gasteiger partial charge in [0.2, 0.25) is 0 Å². The van der Waals surface area contributed by atoms with Crippen LogP contribution in [0.3, 0.4) is 0 Å². The van der Waals surface area contributed by atoms with Crippen LogP contribution in [0.2, 0.25) is 0 Å². The molecule has 3 aromatic rings. The summed E-state index contributed by atoms with van der Waals surface area (Å²) >= 11 is 1.43. The van der Waals surface area contributed by atoms with Gasteiger partial charge < -0.3 is 5.32 Å². The molecule has 2 N–H and O–H groups in total. The van der Waals surface area contributed by atoms with E-state index in [0.29, 0.717) is 10.7 Å². The molecule has 5 heteroatoms. The molecule has 0 radical (unpaired) electrons. The number of anilines is 1. The Morgan fingerprint density at radius 3 is 2.62 bits per heavy atom. The lowest BCUT2D eigenvalue weighted by Gasteiger charge is -2.05. The summed E-state index contributed by atoms with van der Waals surface area (Å²) < 4.78 is 0. The van der Waals surface area contributed by atoms with Gasteiger partial charge in [-0.15, -0.1) is 11.3 Å². The number of rotatable bonds is 3. The normalized spacial score (nSPS) is 10.6. The summed E-state index contributed by atoms with van der Waals surface area (Å²) in [5.74, 6) is 0.461. The van der Waals surface area contributed by atoms with Gasteiger partial charge in [0.05, 0.1) is 0 Å². The minimum atomic E-state index is -0.126. The van der Waals surface area contributed by atoms with Gasteiger partial charge in [0.25, 0.3) is 5.91 Å². The number of amides is 1. The fourth-order valence-corrected chi connectivity index (χ4v) is 2.91. The van der Waals surface area contributed by atoms with E-state index in [0.717, 1.165) is 22.4 Å². The maximum Gasteiger partial charge on any atom is 0.267 e. The number of hydrogen-bond acceptors (Lipinski definition) is 3. The first kappa shape index (κ1) is 13.6. The monoisotopic (exact) mass is 297 g/mol. The van der Waals surface area contributed by atoms with Crippen LogP contribution in [0.15, 0.2) is 41.8 Å². The van der Waals surface area contributed by atoms with E-state index in [1.807, 2.05) is 55.6 Å². The number of nitrogens with one attached hydrogen (secondary N) is 2. The van der Waals surface area contributed by atoms with Crippen molar-refractivity contribution in [3.63, 3.8) is 0 Å². The van der Waals surface area contributed by atoms with E-state index in [1.165, 1.54) is 11.3 Å². The molecule has 2 heterocycles. The highest BCUT2D eigenvalue weighted by Gasteiger charge is 2.17. The van der Waals surface area contributed by atoms with E-state index < -0.39 is 0 Å². The van der Waals surface area contributed by atoms with Crippen LogP contribution in [0.1, 0.15) is 20.9 Å². The fraction of sp³-hybridized carbons (Fsp3) is 0.125. The van der Waals surface area contributed by atoms with E-state index >= 15 is 0 Å². The summed E-state index contributed by atoms with van der Waals surface area (Å²) in [4.78, 5) is 13.2. The van der Waals surface area contributed by atoms with E-state index in [-0.39, 0.29) is 5.91 Å². The van der Waals surface area contributed by atoms with Crippen LogP contribution in [-0.4, -0.2) is 16.1 Å². The third-order valence-corrected chi connectivity index (χ3v) is 4.35. The topological polar surface area (TPSA) is 57.8 Å². The van der Waals surface area contributed by atoms with Crippen LogP contribution in [0.4, 0.5) is 5.82 Å². The summed E-state index contributed by atoms with van der Waals surface area (Å²) in [5, 5.41) is 11.8. The summed E-state index contributed by atoms with van der Waals surface area (Å²) in [7, 11) is 0. The molecule has 3 rings (SSSR count). The largest absolute Gasteiger partial charge is 0.304 e. The van der Waals surface area contributed by atoms with Crippen molar-refractivity contribution in [3.05, 3.63) is 57.9 Å². The predicted molar refractivity (Wildman–Crippen MR) is 85.8 cm³/mol. The smallest absolute Gasteiger partial charge is 0.267 e. The minimum absolute atomic E-state index is 0.126. The molecule has 1 amide bonds. The van der Waals surface area contributed by atoms with Crippen LogP contribution in [0.25, 0.3) is 11.1 Å². The number of aromatic amines is 1. The molecular formula is C16H15N3OS. The molecule has 0 atom stereocenters. The number of nitrogens with zero attached hydrogens (tertiary/aromatic N) is 1. The molecule has 0 unspecified atom stereocenters. The van der Waals surface area contributed by atoms with Crippen molar-refractivity contribution < 1.29 is 4.79 Å². The molecule has 0 spiro atoms. The molecule has 0 aliphatic rings. The van der Waals surface area contributed by atoms with Crippen molar-refractivity contribution >= 4 is 23.1 Å². The highest BCUT2D eigenvalue weighted by Crippen LogP contribution is 2.29. The third-order valence-electron chi connectivity index (χ3n) is 3.44. The highest BCUT2D eigenvalue weighted by atomic mass is 32.1. The zero-order chi connectivity index (χ0) is 14.8. The van der Waals surface area contributed by atoms with Crippen molar-refractivity contribution in [2.45, 2.75) is 13.8 Å². The van der Waals surface area contributed by atoms with Crippen LogP contribution < -0.4 is 5.32 Å². The molecule has 0 aliphatic carbocycles. The molecule has 0 fully saturated rings. The third kappa shape index (κ3) is 2.60. The molecule has 2 aromatic heterocycles. The Bertz CT molecular complexity index is 774. The molecule has 4 nitrogen and oxygen atoms in total. The second-order valence-corrected chi connectivity index (χ2v) is 5.72. The van der Waals surface area contributed by atoms with Gasteiger partial charge in [0.15, 0.2) is 5.82 Å². The standard InChI is InChI=1S/C16H15N3OS/c1-10-11(2)18-19-15(10)17-16(20)14-13(8-9-21-14)12-6-4-3-5-7-12/h3-9H,1-2H3,(H2,17,18,19,20). The quantitative estimate of drug-likeness (QED) is 0.767. The van der Waals surface area contributed by atoms with Crippen molar-refractivity contribution in [2.24, 2.45) is 0 Å². The molecular weight excluding hydrogens is 282 g/mol. The highest BCUT2D eigenvalue weighted by molar-refractivity contribution is 7.12. The van der Waals surface area contributed by atoms with Crippen LogP contribution in [0.5, 0.6) is 0 Å². The van der Waals surface area contributed by atoms with Gasteiger partial charge in [0.1, 0.15) is 4.88 Å². The number of carbonyl (C=O) groups excluding carboxylic acids is 1. The Hall–Kier alpha value is -2.40. The van der Waals surface area contributed by atoms with Crippen LogP contribution >= 0.6 is 11.3 Å². The Morgan fingerprint density at radius 2 is 1.95 bits per heavy atom. The van der Waals surface area contributed by atoms with Gasteiger partial charge in [-0.05, 0) is 30.9 Å². The van der Waals surface area contributed by atoms with Gasteiger partial charge in [-0.3, -0.25) is 9.89 Å². The number of aromatic nitrogens is 2. The zero-order valence-corrected chi connectivity index (χ0v) is 12.6. The second kappa shape index (κ2) is 5.54. The number of thiophene rings is 1. The Labute approximate surface area is 126 Å². The van der Waals surface area contributed by atoms with Gasteiger partial charge >= 0.3 is 0 Å². The first-order valence-corrected chi connectivity index (χ1v) is 7.50. The van der Waals surface area contributed by atoms with Gasteiger partial charge in [0, 0.05) is 16.8 Å². The average Bonchev–Trinajstić information content (AvgIpc) is 3.10. The van der Waals surface area contributed by atoms with Gasteiger partial charge in [-0.1, -0.05) is 30.3 Å². The van der Waals surface area contributed by atoms with Crippen LogP contribution in [-0.2, 0) is 0 Å². The van der Waals surface area contributed by atoms with Crippen molar-refractivity contribution in [1.82, 2.24) is 10.2 Å². The second-order valence-electron chi connectivity index (χ2n) is 4.81. The minimum Gasteiger partial charge on any atom is -0.304 e. The van der Waals surface area contributed by atoms with Gasteiger partial charge in [-0.25, -0.2) is 0 Å². The van der Waals surface area contributed by atoms with E-state index in [1.54, 1.807) is 0 Å². The molecule has 0 saturated heterocycles. The Balaban J connectivity index is 1.90. The fourth-order valence-electron chi connectivity index (χ4n) is 2.10. The maximum absolute atomic E-state index is 12.5. The molecule has 1 aromatic carbocycles. The van der Waals surface area contributed by atoms with E-state index in [9.17, 15) is 4.79 Å². The van der Waals surface area contributed by atoms with E-state index in [4.69, 9.17) is 0 Å². The lowest BCUT2D eigenvalue weighted by atomic mass is 10.1. The van der Waals surface area contributed by atoms with E-state index in [2.05, 4.69) is 15.5 Å². The molecule has 0 saturated carbocycles. The van der Waals surface area contributed by atoms with Crippen molar-refractivity contribution in [3.8, 4) is 11.1 Å². The first-order valence-electron chi connectivity index (χ1n) is 6.62. The molecule has 0 aliphatic heterocycles. The first-order chi connectivity index (χ1) is 10.2. The lowest BCUT2D eigenvalue weighted by molar-refractivity contribution is 0.103. The Morgan fingerprint density at radius 1 is 1.19 bits per heavy atom. The van der Waals surface area contributed by atoms with Crippen molar-refractivity contribution in [2.75, 3.05) is 5.32 Å². The van der Waals surface area contributed by atoms with Gasteiger partial charge in [-0.2, -0.15) is 5.10 Å². The zero-order valence-electron chi connectivity index (χ0n) is 11.8. The lowest BCUT2D eigenvalue weighted by Crippen LogP contribution is -2.12. The summed E-state index contributed by atoms with van der Waals surface area (Å²) in [5.41, 5.74) is 3.91. The SMILES string of the molecule is Cc1[nH]nc(NC(=O)c2sccc2-c2ccccc2)c1C. The summed E-state index contributed by atoms with van der Waals surface area (Å²) in [6.45, 7) is 3.86. The van der Waals surface area contributed by atoms with Crippen LogP contribution in [0, 0.1) is 13.8 Å². The summed E-state index contributed by atoms with van der Waals surface area (Å²) in [6.07, 6.45) is 0. The number of carbonyl (C=O) groups is 1. The number of hydrogen-bond donors (Lipinski definition) is 2. The maximum atomic E-state index is 12.5. The summed E-state index contributed by atoms with van der Waals surface area (Å²) in [6, 6.07) is 11.9. The predicted octanol–water partition coefficient (Wildman–Crippen LogP) is 4.01. The molecule has 21 heavy (non-hydrogen) atoms.